The predicted octanol–water partition coefficient (Wildman–Crippen LogP) is 2.24. The summed E-state index contributed by atoms with van der Waals surface area (Å²) in [6, 6.07) is 15.2. The van der Waals surface area contributed by atoms with Crippen LogP contribution < -0.4 is 10.6 Å². The van der Waals surface area contributed by atoms with Crippen molar-refractivity contribution in [1.29, 1.82) is 0 Å². The van der Waals surface area contributed by atoms with E-state index in [2.05, 4.69) is 19.8 Å². The quantitative estimate of drug-likeness (QED) is 0.764. The maximum absolute atomic E-state index is 9.41. The van der Waals surface area contributed by atoms with Gasteiger partial charge in [0.25, 0.3) is 0 Å². The number of hydrogen-bond donors (Lipinski definition) is 2. The van der Waals surface area contributed by atoms with Gasteiger partial charge in [-0.1, -0.05) is 12.1 Å². The summed E-state index contributed by atoms with van der Waals surface area (Å²) in [4.78, 5) is 13.8. The first-order chi connectivity index (χ1) is 12.2. The summed E-state index contributed by atoms with van der Waals surface area (Å²) in [5.74, 6) is 1.62. The number of nitrogens with two attached hydrogens (primary N) is 1. The Balaban J connectivity index is 1.42. The van der Waals surface area contributed by atoms with Gasteiger partial charge < -0.3 is 15.7 Å². The molecule has 1 aromatic heterocycles. The number of phenolic OH excluding ortho intramolecular Hbond substituents is 1. The largest absolute Gasteiger partial charge is 0.508 e. The summed E-state index contributed by atoms with van der Waals surface area (Å²) in [5.41, 5.74) is 8.11. The van der Waals surface area contributed by atoms with Crippen molar-refractivity contribution in [3.8, 4) is 5.75 Å². The number of rotatable bonds is 3. The van der Waals surface area contributed by atoms with E-state index in [1.165, 1.54) is 0 Å². The number of aromatic hydroxyl groups is 1. The van der Waals surface area contributed by atoms with Crippen LogP contribution in [0, 0.1) is 0 Å². The second-order valence-corrected chi connectivity index (χ2v) is 6.32. The lowest BCUT2D eigenvalue weighted by atomic mass is 10.2. The van der Waals surface area contributed by atoms with E-state index in [1.54, 1.807) is 12.1 Å². The van der Waals surface area contributed by atoms with Crippen molar-refractivity contribution >= 4 is 22.4 Å². The highest BCUT2D eigenvalue weighted by molar-refractivity contribution is 5.87. The van der Waals surface area contributed by atoms with Crippen LogP contribution in [0.1, 0.15) is 5.82 Å². The Morgan fingerprint density at radius 2 is 1.64 bits per heavy atom. The van der Waals surface area contributed by atoms with Crippen LogP contribution in [0.15, 0.2) is 48.5 Å². The Bertz CT molecular complexity index is 873. The fourth-order valence-corrected chi connectivity index (χ4v) is 3.25. The monoisotopic (exact) mass is 335 g/mol. The molecule has 3 aromatic rings. The molecular formula is C19H21N5O. The van der Waals surface area contributed by atoms with Gasteiger partial charge in [0.2, 0.25) is 0 Å². The van der Waals surface area contributed by atoms with Gasteiger partial charge in [-0.2, -0.15) is 0 Å². The molecule has 2 heterocycles. The lowest BCUT2D eigenvalue weighted by Crippen LogP contribution is -2.46. The minimum Gasteiger partial charge on any atom is -0.508 e. The van der Waals surface area contributed by atoms with Gasteiger partial charge in [-0.05, 0) is 36.4 Å². The zero-order valence-corrected chi connectivity index (χ0v) is 14.0. The highest BCUT2D eigenvalue weighted by Gasteiger charge is 2.18. The first-order valence-corrected chi connectivity index (χ1v) is 8.46. The van der Waals surface area contributed by atoms with E-state index < -0.39 is 0 Å². The fourth-order valence-electron chi connectivity index (χ4n) is 3.25. The minimum absolute atomic E-state index is 0.299. The fraction of sp³-hybridized carbons (Fsp3) is 0.263. The van der Waals surface area contributed by atoms with Gasteiger partial charge in [0.1, 0.15) is 17.4 Å². The zero-order valence-electron chi connectivity index (χ0n) is 14.0. The van der Waals surface area contributed by atoms with Gasteiger partial charge in [0, 0.05) is 37.3 Å². The smallest absolute Gasteiger partial charge is 0.145 e. The number of nitrogen functional groups attached to an aromatic ring is 1. The maximum atomic E-state index is 9.41. The van der Waals surface area contributed by atoms with Crippen molar-refractivity contribution in [3.63, 3.8) is 0 Å². The van der Waals surface area contributed by atoms with Gasteiger partial charge in [0.05, 0.1) is 12.1 Å². The molecule has 1 aliphatic rings. The Morgan fingerprint density at radius 1 is 0.920 bits per heavy atom. The molecule has 0 saturated carbocycles. The van der Waals surface area contributed by atoms with Gasteiger partial charge in [-0.3, -0.25) is 4.90 Å². The number of para-hydroxylation sites is 1. The van der Waals surface area contributed by atoms with Crippen molar-refractivity contribution in [1.82, 2.24) is 14.9 Å². The first-order valence-electron chi connectivity index (χ1n) is 8.46. The number of phenols is 1. The molecule has 1 fully saturated rings. The Hall–Kier alpha value is -2.86. The minimum atomic E-state index is 0.299. The molecule has 0 unspecified atom stereocenters. The standard InChI is InChI=1S/C19H21N5O/c20-19-16-3-1-2-4-17(16)21-18(22-19)13-23-9-11-24(12-10-23)14-5-7-15(25)8-6-14/h1-8,25H,9-13H2,(H2,20,21,22). The Labute approximate surface area is 146 Å². The van der Waals surface area contributed by atoms with Crippen molar-refractivity contribution < 1.29 is 5.11 Å². The van der Waals surface area contributed by atoms with Crippen LogP contribution in [0.2, 0.25) is 0 Å². The molecule has 2 aromatic carbocycles. The second kappa shape index (κ2) is 6.57. The molecule has 0 spiro atoms. The average molecular weight is 335 g/mol. The summed E-state index contributed by atoms with van der Waals surface area (Å²) >= 11 is 0. The molecule has 1 saturated heterocycles. The first kappa shape index (κ1) is 15.7. The van der Waals surface area contributed by atoms with Gasteiger partial charge in [-0.25, -0.2) is 9.97 Å². The van der Waals surface area contributed by atoms with Crippen molar-refractivity contribution in [2.45, 2.75) is 6.54 Å². The molecule has 6 heteroatoms. The van der Waals surface area contributed by atoms with Crippen LogP contribution in [0.25, 0.3) is 10.9 Å². The maximum Gasteiger partial charge on any atom is 0.145 e. The molecule has 0 aliphatic carbocycles. The topological polar surface area (TPSA) is 78.5 Å². The van der Waals surface area contributed by atoms with Crippen molar-refractivity contribution in [3.05, 3.63) is 54.4 Å². The molecule has 0 bridgehead atoms. The predicted molar refractivity (Wildman–Crippen MR) is 99.5 cm³/mol. The molecule has 3 N–H and O–H groups in total. The molecule has 1 aliphatic heterocycles. The van der Waals surface area contributed by atoms with Crippen molar-refractivity contribution in [2.75, 3.05) is 36.8 Å². The molecule has 0 amide bonds. The number of piperazine rings is 1. The van der Waals surface area contributed by atoms with E-state index >= 15 is 0 Å². The number of aromatic nitrogens is 2. The van der Waals surface area contributed by atoms with Crippen LogP contribution in [0.4, 0.5) is 11.5 Å². The normalized spacial score (nSPS) is 15.6. The summed E-state index contributed by atoms with van der Waals surface area (Å²) in [5, 5.41) is 10.3. The highest BCUT2D eigenvalue weighted by Crippen LogP contribution is 2.21. The van der Waals surface area contributed by atoms with Gasteiger partial charge in [-0.15, -0.1) is 0 Å². The van der Waals surface area contributed by atoms with Crippen LogP contribution in [-0.4, -0.2) is 46.2 Å². The number of fused-ring (bicyclic) bond motifs is 1. The third-order valence-electron chi connectivity index (χ3n) is 4.63. The van der Waals surface area contributed by atoms with E-state index in [0.717, 1.165) is 48.6 Å². The Morgan fingerprint density at radius 3 is 2.40 bits per heavy atom. The molecule has 0 atom stereocenters. The zero-order chi connectivity index (χ0) is 17.2. The van der Waals surface area contributed by atoms with Crippen LogP contribution in [-0.2, 0) is 6.54 Å². The number of hydrogen-bond acceptors (Lipinski definition) is 6. The van der Waals surface area contributed by atoms with Crippen LogP contribution >= 0.6 is 0 Å². The third kappa shape index (κ3) is 3.34. The number of nitrogens with zero attached hydrogens (tertiary/aromatic N) is 4. The van der Waals surface area contributed by atoms with E-state index in [1.807, 2.05) is 36.4 Å². The lowest BCUT2D eigenvalue weighted by molar-refractivity contribution is 0.244. The summed E-state index contributed by atoms with van der Waals surface area (Å²) < 4.78 is 0. The average Bonchev–Trinajstić information content (AvgIpc) is 2.63. The number of anilines is 2. The van der Waals surface area contributed by atoms with E-state index in [-0.39, 0.29) is 0 Å². The third-order valence-corrected chi connectivity index (χ3v) is 4.63. The van der Waals surface area contributed by atoms with Crippen molar-refractivity contribution in [2.24, 2.45) is 0 Å². The van der Waals surface area contributed by atoms with E-state index in [0.29, 0.717) is 18.1 Å². The molecule has 0 radical (unpaired) electrons. The van der Waals surface area contributed by atoms with Crippen LogP contribution in [0.5, 0.6) is 5.75 Å². The summed E-state index contributed by atoms with van der Waals surface area (Å²) in [6.07, 6.45) is 0. The molecular weight excluding hydrogens is 314 g/mol. The van der Waals surface area contributed by atoms with E-state index in [9.17, 15) is 5.11 Å². The molecule has 4 rings (SSSR count). The number of benzene rings is 2. The van der Waals surface area contributed by atoms with Gasteiger partial charge in [0.15, 0.2) is 0 Å². The highest BCUT2D eigenvalue weighted by atomic mass is 16.3. The Kier molecular flexibility index (Phi) is 4.11. The molecule has 128 valence electrons. The van der Waals surface area contributed by atoms with E-state index in [4.69, 9.17) is 5.73 Å². The SMILES string of the molecule is Nc1nc(CN2CCN(c3ccc(O)cc3)CC2)nc2ccccc12. The molecule has 6 nitrogen and oxygen atoms in total. The summed E-state index contributed by atoms with van der Waals surface area (Å²) in [6.45, 7) is 4.47. The van der Waals surface area contributed by atoms with Crippen LogP contribution in [0.3, 0.4) is 0 Å². The second-order valence-electron chi connectivity index (χ2n) is 6.32. The lowest BCUT2D eigenvalue weighted by Gasteiger charge is -2.35. The van der Waals surface area contributed by atoms with Gasteiger partial charge >= 0.3 is 0 Å². The molecule has 25 heavy (non-hydrogen) atoms. The summed E-state index contributed by atoms with van der Waals surface area (Å²) in [7, 11) is 0.